The van der Waals surface area contributed by atoms with Gasteiger partial charge in [0.1, 0.15) is 5.75 Å². The lowest BCUT2D eigenvalue weighted by molar-refractivity contribution is 0.0986. The SMILES string of the molecule is COc1cccc(N(N)C(=O)c2ccccc2Br)c1. The minimum Gasteiger partial charge on any atom is -0.497 e. The summed E-state index contributed by atoms with van der Waals surface area (Å²) in [5.41, 5.74) is 1.08. The summed E-state index contributed by atoms with van der Waals surface area (Å²) in [6.45, 7) is 0. The molecule has 0 spiro atoms. The Hall–Kier alpha value is -1.85. The van der Waals surface area contributed by atoms with E-state index in [9.17, 15) is 4.79 Å². The largest absolute Gasteiger partial charge is 0.497 e. The van der Waals surface area contributed by atoms with Gasteiger partial charge in [0.05, 0.1) is 18.4 Å². The highest BCUT2D eigenvalue weighted by molar-refractivity contribution is 9.10. The first kappa shape index (κ1) is 13.6. The van der Waals surface area contributed by atoms with E-state index in [0.29, 0.717) is 21.5 Å². The van der Waals surface area contributed by atoms with Gasteiger partial charge in [0.25, 0.3) is 5.91 Å². The molecule has 2 N–H and O–H groups in total. The summed E-state index contributed by atoms with van der Waals surface area (Å²) >= 11 is 3.34. The van der Waals surface area contributed by atoms with Crippen molar-refractivity contribution in [1.29, 1.82) is 0 Å². The Morgan fingerprint density at radius 2 is 1.95 bits per heavy atom. The van der Waals surface area contributed by atoms with E-state index in [1.54, 1.807) is 49.6 Å². The van der Waals surface area contributed by atoms with Crippen molar-refractivity contribution in [2.75, 3.05) is 12.1 Å². The minimum atomic E-state index is -0.291. The van der Waals surface area contributed by atoms with Crippen LogP contribution in [0.4, 0.5) is 5.69 Å². The standard InChI is InChI=1S/C14H13BrN2O2/c1-19-11-6-4-5-10(9-11)17(16)14(18)12-7-2-3-8-13(12)15/h2-9H,16H2,1H3. The smallest absolute Gasteiger partial charge is 0.273 e. The van der Waals surface area contributed by atoms with E-state index in [1.165, 1.54) is 0 Å². The molecule has 0 atom stereocenters. The van der Waals surface area contributed by atoms with E-state index in [4.69, 9.17) is 10.6 Å². The van der Waals surface area contributed by atoms with Crippen molar-refractivity contribution in [2.45, 2.75) is 0 Å². The Bertz CT molecular complexity index is 602. The van der Waals surface area contributed by atoms with Crippen molar-refractivity contribution in [3.05, 3.63) is 58.6 Å². The number of carbonyl (C=O) groups is 1. The summed E-state index contributed by atoms with van der Waals surface area (Å²) in [5.74, 6) is 6.23. The molecule has 2 aromatic carbocycles. The first-order chi connectivity index (χ1) is 9.13. The molecule has 2 aromatic rings. The van der Waals surface area contributed by atoms with Gasteiger partial charge in [-0.15, -0.1) is 0 Å². The van der Waals surface area contributed by atoms with E-state index >= 15 is 0 Å². The molecule has 19 heavy (non-hydrogen) atoms. The molecule has 0 saturated carbocycles. The summed E-state index contributed by atoms with van der Waals surface area (Å²) < 4.78 is 5.82. The molecule has 0 bridgehead atoms. The number of halogens is 1. The highest BCUT2D eigenvalue weighted by atomic mass is 79.9. The number of methoxy groups -OCH3 is 1. The number of carbonyl (C=O) groups excluding carboxylic acids is 1. The third kappa shape index (κ3) is 2.94. The number of hydrogen-bond acceptors (Lipinski definition) is 3. The fourth-order valence-corrected chi connectivity index (χ4v) is 2.10. The molecule has 0 radical (unpaired) electrons. The molecule has 0 aliphatic carbocycles. The molecule has 2 rings (SSSR count). The van der Waals surface area contributed by atoms with Crippen LogP contribution in [0.1, 0.15) is 10.4 Å². The molecule has 1 amide bonds. The van der Waals surface area contributed by atoms with Crippen LogP contribution in [0.25, 0.3) is 0 Å². The zero-order valence-electron chi connectivity index (χ0n) is 10.3. The van der Waals surface area contributed by atoms with Crippen molar-refractivity contribution in [3.8, 4) is 5.75 Å². The van der Waals surface area contributed by atoms with Crippen LogP contribution in [0, 0.1) is 0 Å². The number of amides is 1. The highest BCUT2D eigenvalue weighted by Crippen LogP contribution is 2.23. The summed E-state index contributed by atoms with van der Waals surface area (Å²) in [6.07, 6.45) is 0. The number of hydrogen-bond donors (Lipinski definition) is 1. The van der Waals surface area contributed by atoms with Crippen LogP contribution < -0.4 is 15.6 Å². The minimum absolute atomic E-state index is 0.291. The van der Waals surface area contributed by atoms with Gasteiger partial charge < -0.3 is 4.74 Å². The highest BCUT2D eigenvalue weighted by Gasteiger charge is 2.16. The normalized spacial score (nSPS) is 10.1. The number of nitrogens with zero attached hydrogens (tertiary/aromatic N) is 1. The van der Waals surface area contributed by atoms with Crippen LogP contribution in [0.15, 0.2) is 53.0 Å². The van der Waals surface area contributed by atoms with Gasteiger partial charge in [-0.2, -0.15) is 0 Å². The fraction of sp³-hybridized carbons (Fsp3) is 0.0714. The topological polar surface area (TPSA) is 55.6 Å². The number of anilines is 1. The van der Waals surface area contributed by atoms with E-state index < -0.39 is 0 Å². The summed E-state index contributed by atoms with van der Waals surface area (Å²) in [6, 6.07) is 14.2. The van der Waals surface area contributed by atoms with Crippen LogP contribution in [-0.2, 0) is 0 Å². The Balaban J connectivity index is 2.31. The Morgan fingerprint density at radius 1 is 1.21 bits per heavy atom. The number of benzene rings is 2. The van der Waals surface area contributed by atoms with E-state index in [0.717, 1.165) is 5.01 Å². The zero-order valence-corrected chi connectivity index (χ0v) is 11.9. The monoisotopic (exact) mass is 320 g/mol. The van der Waals surface area contributed by atoms with Crippen molar-refractivity contribution in [1.82, 2.24) is 0 Å². The van der Waals surface area contributed by atoms with Gasteiger partial charge in [-0.1, -0.05) is 18.2 Å². The molecule has 0 aliphatic heterocycles. The van der Waals surface area contributed by atoms with Crippen molar-refractivity contribution < 1.29 is 9.53 Å². The molecule has 0 aliphatic rings. The predicted octanol–water partition coefficient (Wildman–Crippen LogP) is 2.98. The third-order valence-corrected chi connectivity index (χ3v) is 3.35. The van der Waals surface area contributed by atoms with E-state index in [-0.39, 0.29) is 5.91 Å². The van der Waals surface area contributed by atoms with Crippen LogP contribution in [0.5, 0.6) is 5.75 Å². The fourth-order valence-electron chi connectivity index (χ4n) is 1.64. The average molecular weight is 321 g/mol. The van der Waals surface area contributed by atoms with Gasteiger partial charge >= 0.3 is 0 Å². The number of nitrogens with two attached hydrogens (primary N) is 1. The Labute approximate surface area is 119 Å². The lowest BCUT2D eigenvalue weighted by Gasteiger charge is -2.18. The van der Waals surface area contributed by atoms with Gasteiger partial charge in [0.15, 0.2) is 0 Å². The molecule has 5 heteroatoms. The van der Waals surface area contributed by atoms with Gasteiger partial charge in [-0.3, -0.25) is 4.79 Å². The van der Waals surface area contributed by atoms with Crippen LogP contribution in [-0.4, -0.2) is 13.0 Å². The second-order valence-corrected chi connectivity index (χ2v) is 4.71. The Morgan fingerprint density at radius 3 is 2.63 bits per heavy atom. The summed E-state index contributed by atoms with van der Waals surface area (Å²) in [7, 11) is 1.57. The quantitative estimate of drug-likeness (QED) is 0.537. The van der Waals surface area contributed by atoms with Gasteiger partial charge in [-0.25, -0.2) is 10.9 Å². The maximum Gasteiger partial charge on any atom is 0.273 e. The van der Waals surface area contributed by atoms with Crippen molar-refractivity contribution >= 4 is 27.5 Å². The molecular formula is C14H13BrN2O2. The third-order valence-electron chi connectivity index (χ3n) is 2.65. The first-order valence-corrected chi connectivity index (χ1v) is 6.40. The molecule has 0 unspecified atom stereocenters. The molecule has 0 fully saturated rings. The van der Waals surface area contributed by atoms with Gasteiger partial charge in [-0.05, 0) is 40.2 Å². The van der Waals surface area contributed by atoms with Crippen LogP contribution in [0.2, 0.25) is 0 Å². The number of rotatable bonds is 3. The van der Waals surface area contributed by atoms with Crippen LogP contribution >= 0.6 is 15.9 Å². The summed E-state index contributed by atoms with van der Waals surface area (Å²) in [5, 5.41) is 1.10. The molecule has 0 aromatic heterocycles. The molecule has 98 valence electrons. The second-order valence-electron chi connectivity index (χ2n) is 3.86. The average Bonchev–Trinajstić information content (AvgIpc) is 2.46. The first-order valence-electron chi connectivity index (χ1n) is 5.61. The molecule has 0 saturated heterocycles. The number of ether oxygens (including phenoxy) is 1. The number of hydrazine groups is 1. The van der Waals surface area contributed by atoms with Crippen LogP contribution in [0.3, 0.4) is 0 Å². The summed E-state index contributed by atoms with van der Waals surface area (Å²) in [4.78, 5) is 12.3. The van der Waals surface area contributed by atoms with E-state index in [2.05, 4.69) is 15.9 Å². The molecule has 4 nitrogen and oxygen atoms in total. The lowest BCUT2D eigenvalue weighted by atomic mass is 10.2. The molecular weight excluding hydrogens is 308 g/mol. The maximum atomic E-state index is 12.3. The molecule has 0 heterocycles. The maximum absolute atomic E-state index is 12.3. The van der Waals surface area contributed by atoms with Crippen molar-refractivity contribution in [3.63, 3.8) is 0 Å². The van der Waals surface area contributed by atoms with Crippen molar-refractivity contribution in [2.24, 2.45) is 5.84 Å². The predicted molar refractivity (Wildman–Crippen MR) is 78.1 cm³/mol. The van der Waals surface area contributed by atoms with Gasteiger partial charge in [0.2, 0.25) is 0 Å². The zero-order chi connectivity index (χ0) is 13.8. The Kier molecular flexibility index (Phi) is 4.19. The lowest BCUT2D eigenvalue weighted by Crippen LogP contribution is -2.37. The van der Waals surface area contributed by atoms with Gasteiger partial charge in [0, 0.05) is 10.5 Å². The van der Waals surface area contributed by atoms with E-state index in [1.807, 2.05) is 6.07 Å². The second kappa shape index (κ2) is 5.86.